The molecule has 1 aliphatic heterocycles. The molecule has 0 fully saturated rings. The van der Waals surface area contributed by atoms with Crippen molar-refractivity contribution in [3.05, 3.63) is 17.7 Å². The highest BCUT2D eigenvalue weighted by atomic mass is 16.6. The van der Waals surface area contributed by atoms with Crippen LogP contribution < -0.4 is 14.2 Å². The van der Waals surface area contributed by atoms with Gasteiger partial charge in [-0.15, -0.1) is 0 Å². The summed E-state index contributed by atoms with van der Waals surface area (Å²) in [6.45, 7) is 4.08. The summed E-state index contributed by atoms with van der Waals surface area (Å²) < 4.78 is 21.2. The van der Waals surface area contributed by atoms with Gasteiger partial charge in [-0.25, -0.2) is 9.79 Å². The Morgan fingerprint density at radius 3 is 2.18 bits per heavy atom. The minimum atomic E-state index is -0.450. The number of cyclic esters (lactones) is 1. The minimum absolute atomic E-state index is 0.287. The number of aliphatic imine (C=N–C) groups is 1. The number of ether oxygens (including phenoxy) is 4. The second-order valence-electron chi connectivity index (χ2n) is 5.41. The molecule has 0 saturated carbocycles. The molecule has 0 aliphatic carbocycles. The van der Waals surface area contributed by atoms with Crippen molar-refractivity contribution < 1.29 is 23.7 Å². The molecular formula is C16H21NO5. The third kappa shape index (κ3) is 3.16. The predicted octanol–water partition coefficient (Wildman–Crippen LogP) is 2.43. The molecule has 1 unspecified atom stereocenters. The van der Waals surface area contributed by atoms with Crippen molar-refractivity contribution in [2.24, 2.45) is 10.9 Å². The molecule has 0 saturated heterocycles. The Balaban J connectivity index is 2.39. The van der Waals surface area contributed by atoms with Crippen LogP contribution >= 0.6 is 0 Å². The molecule has 22 heavy (non-hydrogen) atoms. The van der Waals surface area contributed by atoms with Crippen LogP contribution in [-0.4, -0.2) is 39.2 Å². The van der Waals surface area contributed by atoms with Gasteiger partial charge in [0.25, 0.3) is 0 Å². The van der Waals surface area contributed by atoms with Crippen LogP contribution in [0.25, 0.3) is 0 Å². The van der Waals surface area contributed by atoms with Crippen molar-refractivity contribution in [1.29, 1.82) is 0 Å². The summed E-state index contributed by atoms with van der Waals surface area (Å²) in [6.07, 6.45) is 0.659. The van der Waals surface area contributed by atoms with Crippen molar-refractivity contribution in [2.45, 2.75) is 26.3 Å². The molecule has 1 aromatic rings. The topological polar surface area (TPSA) is 66.4 Å². The van der Waals surface area contributed by atoms with E-state index in [2.05, 4.69) is 4.99 Å². The number of esters is 1. The van der Waals surface area contributed by atoms with Crippen LogP contribution in [0.5, 0.6) is 17.2 Å². The monoisotopic (exact) mass is 307 g/mol. The van der Waals surface area contributed by atoms with Gasteiger partial charge in [-0.05, 0) is 24.5 Å². The summed E-state index contributed by atoms with van der Waals surface area (Å²) in [5.41, 5.74) is 0.620. The van der Waals surface area contributed by atoms with E-state index in [0.29, 0.717) is 35.2 Å². The maximum Gasteiger partial charge on any atom is 0.337 e. The van der Waals surface area contributed by atoms with Crippen LogP contribution in [-0.2, 0) is 9.53 Å². The van der Waals surface area contributed by atoms with Gasteiger partial charge in [0.1, 0.15) is 0 Å². The quantitative estimate of drug-likeness (QED) is 0.755. The van der Waals surface area contributed by atoms with Gasteiger partial charge in [-0.2, -0.15) is 0 Å². The first-order chi connectivity index (χ1) is 10.5. The maximum absolute atomic E-state index is 11.9. The summed E-state index contributed by atoms with van der Waals surface area (Å²) in [7, 11) is 4.60. The van der Waals surface area contributed by atoms with Gasteiger partial charge in [0.15, 0.2) is 17.5 Å². The fraction of sp³-hybridized carbons (Fsp3) is 0.500. The first-order valence-corrected chi connectivity index (χ1v) is 7.10. The maximum atomic E-state index is 11.9. The average Bonchev–Trinajstić information content (AvgIpc) is 2.86. The van der Waals surface area contributed by atoms with E-state index in [0.717, 1.165) is 0 Å². The number of carbonyl (C=O) groups excluding carboxylic acids is 1. The Hall–Kier alpha value is -2.24. The van der Waals surface area contributed by atoms with Gasteiger partial charge in [-0.1, -0.05) is 13.8 Å². The molecule has 0 amide bonds. The Bertz CT molecular complexity index is 569. The summed E-state index contributed by atoms with van der Waals surface area (Å²) in [6, 6.07) is 2.98. The van der Waals surface area contributed by atoms with Crippen LogP contribution in [0.15, 0.2) is 17.1 Å². The number of benzene rings is 1. The predicted molar refractivity (Wildman–Crippen MR) is 82.0 cm³/mol. The molecule has 1 aromatic carbocycles. The summed E-state index contributed by atoms with van der Waals surface area (Å²) in [4.78, 5) is 16.3. The van der Waals surface area contributed by atoms with Gasteiger partial charge in [0, 0.05) is 5.56 Å². The van der Waals surface area contributed by atoms with E-state index in [4.69, 9.17) is 18.9 Å². The molecule has 0 spiro atoms. The molecular weight excluding hydrogens is 286 g/mol. The summed E-state index contributed by atoms with van der Waals surface area (Å²) in [5.74, 6) is 1.79. The van der Waals surface area contributed by atoms with Crippen molar-refractivity contribution in [1.82, 2.24) is 0 Å². The van der Waals surface area contributed by atoms with E-state index >= 15 is 0 Å². The van der Waals surface area contributed by atoms with Gasteiger partial charge < -0.3 is 18.9 Å². The van der Waals surface area contributed by atoms with Crippen LogP contribution in [0.1, 0.15) is 25.8 Å². The number of hydrogen-bond donors (Lipinski definition) is 0. The molecule has 2 rings (SSSR count). The molecule has 1 heterocycles. The zero-order chi connectivity index (χ0) is 16.3. The molecule has 6 nitrogen and oxygen atoms in total. The number of carbonyl (C=O) groups is 1. The standard InChI is InChI=1S/C16H21NO5/c1-9(2)6-11-16(18)22-15(17-11)10-7-12(19-3)14(21-5)13(8-10)20-4/h7-9,11H,6H2,1-5H3. The molecule has 1 aliphatic rings. The summed E-state index contributed by atoms with van der Waals surface area (Å²) >= 11 is 0. The third-order valence-electron chi connectivity index (χ3n) is 3.35. The second kappa shape index (κ2) is 6.68. The highest BCUT2D eigenvalue weighted by Gasteiger charge is 2.31. The number of methoxy groups -OCH3 is 3. The Morgan fingerprint density at radius 2 is 1.73 bits per heavy atom. The Morgan fingerprint density at radius 1 is 1.14 bits per heavy atom. The molecule has 6 heteroatoms. The first kappa shape index (κ1) is 16.1. The minimum Gasteiger partial charge on any atom is -0.493 e. The smallest absolute Gasteiger partial charge is 0.337 e. The van der Waals surface area contributed by atoms with Gasteiger partial charge in [0.05, 0.1) is 21.3 Å². The number of nitrogens with zero attached hydrogens (tertiary/aromatic N) is 1. The zero-order valence-corrected chi connectivity index (χ0v) is 13.5. The van der Waals surface area contributed by atoms with Crippen molar-refractivity contribution >= 4 is 11.9 Å². The van der Waals surface area contributed by atoms with E-state index < -0.39 is 6.04 Å². The largest absolute Gasteiger partial charge is 0.493 e. The molecule has 1 atom stereocenters. The fourth-order valence-electron chi connectivity index (χ4n) is 2.32. The zero-order valence-electron chi connectivity index (χ0n) is 13.5. The molecule has 0 aromatic heterocycles. The van der Waals surface area contributed by atoms with E-state index in [1.54, 1.807) is 12.1 Å². The second-order valence-corrected chi connectivity index (χ2v) is 5.41. The lowest BCUT2D eigenvalue weighted by molar-refractivity contribution is -0.135. The van der Waals surface area contributed by atoms with Crippen LogP contribution in [0, 0.1) is 5.92 Å². The highest BCUT2D eigenvalue weighted by molar-refractivity contribution is 6.06. The molecule has 0 N–H and O–H groups in total. The molecule has 120 valence electrons. The lowest BCUT2D eigenvalue weighted by Crippen LogP contribution is -2.17. The Kier molecular flexibility index (Phi) is 4.90. The van der Waals surface area contributed by atoms with Gasteiger partial charge >= 0.3 is 5.97 Å². The van der Waals surface area contributed by atoms with Crippen LogP contribution in [0.2, 0.25) is 0 Å². The van der Waals surface area contributed by atoms with Crippen LogP contribution in [0.4, 0.5) is 0 Å². The lowest BCUT2D eigenvalue weighted by atomic mass is 10.1. The average molecular weight is 307 g/mol. The first-order valence-electron chi connectivity index (χ1n) is 7.10. The normalized spacial score (nSPS) is 17.3. The van der Waals surface area contributed by atoms with Crippen LogP contribution in [0.3, 0.4) is 0 Å². The molecule has 0 bridgehead atoms. The van der Waals surface area contributed by atoms with Gasteiger partial charge in [0.2, 0.25) is 11.6 Å². The number of rotatable bonds is 6. The fourth-order valence-corrected chi connectivity index (χ4v) is 2.32. The SMILES string of the molecule is COc1cc(C2=NC(CC(C)C)C(=O)O2)cc(OC)c1OC. The van der Waals surface area contributed by atoms with Gasteiger partial charge in [-0.3, -0.25) is 0 Å². The Labute approximate surface area is 130 Å². The van der Waals surface area contributed by atoms with Crippen molar-refractivity contribution in [2.75, 3.05) is 21.3 Å². The number of hydrogen-bond acceptors (Lipinski definition) is 6. The van der Waals surface area contributed by atoms with E-state index in [1.807, 2.05) is 13.8 Å². The van der Waals surface area contributed by atoms with Crippen molar-refractivity contribution in [3.63, 3.8) is 0 Å². The third-order valence-corrected chi connectivity index (χ3v) is 3.35. The lowest BCUT2D eigenvalue weighted by Gasteiger charge is -2.13. The van der Waals surface area contributed by atoms with Crippen molar-refractivity contribution in [3.8, 4) is 17.2 Å². The van der Waals surface area contributed by atoms with E-state index in [9.17, 15) is 4.79 Å². The molecule has 0 radical (unpaired) electrons. The highest BCUT2D eigenvalue weighted by Crippen LogP contribution is 2.38. The van der Waals surface area contributed by atoms with E-state index in [1.165, 1.54) is 21.3 Å². The summed E-state index contributed by atoms with van der Waals surface area (Å²) in [5, 5.41) is 0. The van der Waals surface area contributed by atoms with E-state index in [-0.39, 0.29) is 11.9 Å².